The zero-order valence-corrected chi connectivity index (χ0v) is 20.9. The van der Waals surface area contributed by atoms with Crippen molar-refractivity contribution < 1.29 is 62.1 Å². The second-order valence-electron chi connectivity index (χ2n) is 6.99. The summed E-state index contributed by atoms with van der Waals surface area (Å²) in [6.45, 7) is 4.66. The van der Waals surface area contributed by atoms with Crippen LogP contribution in [0.1, 0.15) is 11.1 Å². The molecule has 2 aromatic rings. The highest BCUT2D eigenvalue weighted by atomic mass is 32.3. The largest absolute Gasteiger partial charge is 0.480 e. The van der Waals surface area contributed by atoms with Crippen molar-refractivity contribution in [3.05, 3.63) is 58.0 Å². The molecule has 0 fully saturated rings. The first kappa shape index (κ1) is 32.5. The minimum absolute atomic E-state index is 0.255. The van der Waals surface area contributed by atoms with Crippen molar-refractivity contribution in [3.8, 4) is 0 Å². The molecule has 1 amide bonds. The summed E-state index contributed by atoms with van der Waals surface area (Å²) in [5, 5.41) is 2.60. The maximum Gasteiger partial charge on any atom is 0.480 e. The molecular weight excluding hydrogens is 574 g/mol. The van der Waals surface area contributed by atoms with Gasteiger partial charge in [0.25, 0.3) is 0 Å². The first-order valence-corrected chi connectivity index (χ1v) is 12.6. The number of sulfonamides is 2. The van der Waals surface area contributed by atoms with Crippen LogP contribution in [0, 0.1) is 13.8 Å². The van der Waals surface area contributed by atoms with Gasteiger partial charge >= 0.3 is 17.1 Å². The fourth-order valence-electron chi connectivity index (χ4n) is 2.15. The smallest absolute Gasteiger partial charge is 0.443 e. The predicted octanol–water partition coefficient (Wildman–Crippen LogP) is 3.87. The Balaban J connectivity index is 0.000000420. The van der Waals surface area contributed by atoms with E-state index >= 15 is 0 Å². The van der Waals surface area contributed by atoms with Crippen LogP contribution in [0.4, 0.5) is 42.5 Å². The molecule has 0 saturated heterocycles. The lowest BCUT2D eigenvalue weighted by Gasteiger charge is -2.22. The SMILES string of the molecule is Cc1cc[n+](CCOC(=O)Nc2ccc(C)c(N=C=O)c2)cc1.O=S(=O)([N-]S(=O)(=O)C(F)(F)F)C(F)(F)F. The van der Waals surface area contributed by atoms with Crippen LogP contribution in [-0.4, -0.2) is 46.6 Å². The highest BCUT2D eigenvalue weighted by Crippen LogP contribution is 2.36. The Bertz CT molecular complexity index is 1350. The normalized spacial score (nSPS) is 12.0. The topological polar surface area (TPSA) is 154 Å². The molecular formula is C19H18F6N4O7S2. The second-order valence-corrected chi connectivity index (χ2v) is 10.4. The minimum Gasteiger partial charge on any atom is -0.443 e. The van der Waals surface area contributed by atoms with Crippen molar-refractivity contribution >= 4 is 43.6 Å². The van der Waals surface area contributed by atoms with E-state index in [1.54, 1.807) is 18.2 Å². The highest BCUT2D eigenvalue weighted by Gasteiger charge is 2.46. The third-order valence-electron chi connectivity index (χ3n) is 4.04. The van der Waals surface area contributed by atoms with Gasteiger partial charge < -0.3 is 8.86 Å². The number of pyridine rings is 1. The monoisotopic (exact) mass is 592 g/mol. The number of amides is 1. The number of halogens is 6. The number of benzene rings is 1. The predicted molar refractivity (Wildman–Crippen MR) is 119 cm³/mol. The summed E-state index contributed by atoms with van der Waals surface area (Å²) in [6.07, 6.45) is 4.80. The van der Waals surface area contributed by atoms with Gasteiger partial charge in [-0.15, -0.1) is 0 Å². The van der Waals surface area contributed by atoms with E-state index in [-0.39, 0.29) is 6.61 Å². The zero-order chi connectivity index (χ0) is 29.4. The molecule has 1 aromatic carbocycles. The van der Waals surface area contributed by atoms with Crippen LogP contribution in [0.3, 0.4) is 0 Å². The molecule has 1 aromatic heterocycles. The Kier molecular flexibility index (Phi) is 11.0. The first-order valence-electron chi connectivity index (χ1n) is 9.74. The van der Waals surface area contributed by atoms with Crippen LogP contribution in [0.25, 0.3) is 4.13 Å². The third-order valence-corrected chi connectivity index (χ3v) is 6.78. The maximum absolute atomic E-state index is 11.8. The Morgan fingerprint density at radius 3 is 2.00 bits per heavy atom. The molecule has 0 aliphatic rings. The quantitative estimate of drug-likeness (QED) is 0.222. The molecule has 1 N–H and O–H groups in total. The average molecular weight is 592 g/mol. The molecule has 38 heavy (non-hydrogen) atoms. The molecule has 210 valence electrons. The van der Waals surface area contributed by atoms with Crippen molar-refractivity contribution in [1.82, 2.24) is 0 Å². The van der Waals surface area contributed by atoms with Crippen LogP contribution in [-0.2, 0) is 36.1 Å². The molecule has 1 heterocycles. The zero-order valence-electron chi connectivity index (χ0n) is 19.2. The summed E-state index contributed by atoms with van der Waals surface area (Å²) in [7, 11) is -13.4. The van der Waals surface area contributed by atoms with Crippen molar-refractivity contribution in [1.29, 1.82) is 0 Å². The number of aryl methyl sites for hydroxylation is 2. The number of nitrogens with zero attached hydrogens (tertiary/aromatic N) is 3. The molecule has 19 heteroatoms. The van der Waals surface area contributed by atoms with Crippen LogP contribution < -0.4 is 9.88 Å². The maximum atomic E-state index is 11.8. The number of anilines is 1. The third kappa shape index (κ3) is 10.1. The summed E-state index contributed by atoms with van der Waals surface area (Å²) in [5.41, 5.74) is -9.43. The van der Waals surface area contributed by atoms with Crippen molar-refractivity contribution in [3.63, 3.8) is 0 Å². The number of ether oxygens (including phenoxy) is 1. The Hall–Kier alpha value is -3.54. The highest BCUT2D eigenvalue weighted by molar-refractivity contribution is 8.13. The fraction of sp³-hybridized carbons (Fsp3) is 0.316. The van der Waals surface area contributed by atoms with Gasteiger partial charge in [-0.1, -0.05) is 6.07 Å². The molecule has 0 aliphatic carbocycles. The van der Waals surface area contributed by atoms with Gasteiger partial charge in [-0.3, -0.25) is 5.32 Å². The first-order chi connectivity index (χ1) is 17.3. The lowest BCUT2D eigenvalue weighted by molar-refractivity contribution is -0.697. The number of carbonyl (C=O) groups excluding carboxylic acids is 2. The number of hydrogen-bond acceptors (Lipinski definition) is 8. The van der Waals surface area contributed by atoms with Gasteiger partial charge in [0.1, 0.15) is 0 Å². The van der Waals surface area contributed by atoms with Crippen LogP contribution in [0.2, 0.25) is 0 Å². The standard InChI is InChI=1S/C17H17N3O3.C2F6NO4S2/c1-13-5-7-20(8-6-13)9-10-23-17(22)19-15-4-3-14(2)16(11-15)18-12-21;3-1(4,5)14(10,11)9-15(12,13)2(6,7)8/h3-8,11H,9-10H2,1-2H3;/q;-1/p+1. The molecule has 2 rings (SSSR count). The molecule has 0 saturated carbocycles. The second kappa shape index (κ2) is 12.8. The van der Waals surface area contributed by atoms with Crippen LogP contribution in [0.15, 0.2) is 47.7 Å². The molecule has 0 unspecified atom stereocenters. The minimum atomic E-state index is -6.72. The average Bonchev–Trinajstić information content (AvgIpc) is 2.76. The summed E-state index contributed by atoms with van der Waals surface area (Å²) in [6, 6.07) is 9.04. The summed E-state index contributed by atoms with van der Waals surface area (Å²) >= 11 is 0. The molecule has 0 atom stereocenters. The van der Waals surface area contributed by atoms with E-state index in [0.717, 1.165) is 9.69 Å². The Morgan fingerprint density at radius 1 is 1.00 bits per heavy atom. The van der Waals surface area contributed by atoms with Gasteiger partial charge in [0, 0.05) is 17.8 Å². The van der Waals surface area contributed by atoms with E-state index < -0.39 is 37.2 Å². The van der Waals surface area contributed by atoms with E-state index in [1.165, 1.54) is 11.6 Å². The molecule has 0 radical (unpaired) electrons. The molecule has 0 aliphatic heterocycles. The van der Waals surface area contributed by atoms with Crippen molar-refractivity contribution in [2.75, 3.05) is 11.9 Å². The van der Waals surface area contributed by atoms with Crippen LogP contribution >= 0.6 is 0 Å². The van der Waals surface area contributed by atoms with E-state index in [1.807, 2.05) is 42.9 Å². The van der Waals surface area contributed by atoms with E-state index in [4.69, 9.17) is 4.74 Å². The number of aliphatic imine (C=N–C) groups is 1. The number of alkyl halides is 6. The summed E-state index contributed by atoms with van der Waals surface area (Å²) < 4.78 is 116. The molecule has 11 nitrogen and oxygen atoms in total. The van der Waals surface area contributed by atoms with Gasteiger partial charge in [0.2, 0.25) is 6.08 Å². The van der Waals surface area contributed by atoms with Gasteiger partial charge in [-0.25, -0.2) is 31.0 Å². The van der Waals surface area contributed by atoms with E-state index in [0.29, 0.717) is 17.9 Å². The lowest BCUT2D eigenvalue weighted by atomic mass is 10.2. The fourth-order valence-corrected chi connectivity index (χ4v) is 3.86. The molecule has 0 spiro atoms. The van der Waals surface area contributed by atoms with E-state index in [9.17, 15) is 52.8 Å². The summed E-state index contributed by atoms with van der Waals surface area (Å²) in [4.78, 5) is 25.7. The number of carbonyl (C=O) groups is 1. The number of hydrogen-bond donors (Lipinski definition) is 1. The number of nitrogens with one attached hydrogen (secondary N) is 1. The lowest BCUT2D eigenvalue weighted by Crippen LogP contribution is -2.35. The number of rotatable bonds is 7. The molecule has 0 bridgehead atoms. The Morgan fingerprint density at radius 2 is 1.53 bits per heavy atom. The number of aromatic nitrogens is 1. The number of isocyanates is 1. The van der Waals surface area contributed by atoms with Crippen molar-refractivity contribution in [2.24, 2.45) is 4.99 Å². The van der Waals surface area contributed by atoms with E-state index in [2.05, 4.69) is 10.3 Å². The van der Waals surface area contributed by atoms with Crippen LogP contribution in [0.5, 0.6) is 0 Å². The van der Waals surface area contributed by atoms with Crippen molar-refractivity contribution in [2.45, 2.75) is 31.4 Å². The van der Waals surface area contributed by atoms with Gasteiger partial charge in [0.05, 0.1) is 5.69 Å². The summed E-state index contributed by atoms with van der Waals surface area (Å²) in [5.74, 6) is 0. The van der Waals surface area contributed by atoms with Gasteiger partial charge in [-0.2, -0.15) is 31.3 Å². The van der Waals surface area contributed by atoms with Gasteiger partial charge in [0.15, 0.2) is 45.6 Å². The van der Waals surface area contributed by atoms with Gasteiger partial charge in [-0.05, 0) is 37.1 Å². The Labute approximate surface area is 212 Å².